The van der Waals surface area contributed by atoms with Crippen LogP contribution in [0.1, 0.15) is 32.6 Å². The summed E-state index contributed by atoms with van der Waals surface area (Å²) in [4.78, 5) is 18.0. The summed E-state index contributed by atoms with van der Waals surface area (Å²) < 4.78 is 5.60. The zero-order valence-corrected chi connectivity index (χ0v) is 15.0. The molecule has 6 heteroatoms. The van der Waals surface area contributed by atoms with Gasteiger partial charge in [-0.05, 0) is 38.3 Å². The van der Waals surface area contributed by atoms with E-state index in [-0.39, 0.29) is 5.91 Å². The molecular weight excluding hydrogens is 322 g/mol. The number of carbonyl (C=O) groups is 1. The van der Waals surface area contributed by atoms with Gasteiger partial charge in [-0.1, -0.05) is 23.9 Å². The molecule has 24 heavy (non-hydrogen) atoms. The lowest BCUT2D eigenvalue weighted by Gasteiger charge is -2.30. The van der Waals surface area contributed by atoms with Crippen LogP contribution in [0.4, 0.5) is 0 Å². The van der Waals surface area contributed by atoms with Crippen LogP contribution in [0.2, 0.25) is 0 Å². The third-order valence-corrected chi connectivity index (χ3v) is 5.51. The summed E-state index contributed by atoms with van der Waals surface area (Å²) >= 11 is 1.35. The zero-order chi connectivity index (χ0) is 16.8. The number of benzene rings is 1. The molecule has 2 atom stereocenters. The van der Waals surface area contributed by atoms with E-state index in [0.717, 1.165) is 36.7 Å². The van der Waals surface area contributed by atoms with Crippen LogP contribution < -0.4 is 10.2 Å². The lowest BCUT2D eigenvalue weighted by Crippen LogP contribution is -3.16. The van der Waals surface area contributed by atoms with Gasteiger partial charge in [-0.3, -0.25) is 4.79 Å². The number of rotatable bonds is 7. The van der Waals surface area contributed by atoms with E-state index in [1.54, 1.807) is 4.90 Å². The number of aromatic nitrogens is 1. The van der Waals surface area contributed by atoms with Crippen LogP contribution in [0.5, 0.6) is 0 Å². The Kier molecular flexibility index (Phi) is 6.15. The summed E-state index contributed by atoms with van der Waals surface area (Å²) in [5, 5.41) is 3.55. The highest BCUT2D eigenvalue weighted by Gasteiger charge is 2.20. The summed E-state index contributed by atoms with van der Waals surface area (Å²) in [6.07, 6.45) is 5.09. The molecule has 130 valence electrons. The summed E-state index contributed by atoms with van der Waals surface area (Å²) in [6.45, 7) is 5.52. The van der Waals surface area contributed by atoms with Crippen molar-refractivity contribution in [2.45, 2.75) is 43.9 Å². The summed E-state index contributed by atoms with van der Waals surface area (Å²) in [6, 6.07) is 8.41. The minimum absolute atomic E-state index is 0.0453. The molecule has 1 amide bonds. The quantitative estimate of drug-likeness (QED) is 0.593. The van der Waals surface area contributed by atoms with Crippen LogP contribution in [0.25, 0.3) is 11.1 Å². The van der Waals surface area contributed by atoms with E-state index in [1.165, 1.54) is 37.6 Å². The van der Waals surface area contributed by atoms with E-state index in [4.69, 9.17) is 4.42 Å². The smallest absolute Gasteiger partial charge is 0.257 e. The minimum atomic E-state index is 0.0453. The number of amides is 1. The SMILES string of the molecule is C[C@H]1CCCC[NH+]1CCCNC(=O)CSc1nc2ccccc2o1. The number of oxazole rings is 1. The molecule has 0 radical (unpaired) electrons. The van der Waals surface area contributed by atoms with Gasteiger partial charge in [-0.2, -0.15) is 0 Å². The molecule has 1 unspecified atom stereocenters. The number of quaternary nitrogens is 1. The molecule has 0 bridgehead atoms. The lowest BCUT2D eigenvalue weighted by atomic mass is 10.0. The average Bonchev–Trinajstić information content (AvgIpc) is 3.01. The topological polar surface area (TPSA) is 59.6 Å². The Balaban J connectivity index is 1.33. The summed E-state index contributed by atoms with van der Waals surface area (Å²) in [7, 11) is 0. The number of hydrogen-bond donors (Lipinski definition) is 2. The van der Waals surface area contributed by atoms with E-state index < -0.39 is 0 Å². The van der Waals surface area contributed by atoms with Gasteiger partial charge in [0.15, 0.2) is 5.58 Å². The minimum Gasteiger partial charge on any atom is -0.431 e. The van der Waals surface area contributed by atoms with Crippen molar-refractivity contribution in [1.29, 1.82) is 0 Å². The molecule has 0 spiro atoms. The van der Waals surface area contributed by atoms with Crippen molar-refractivity contribution in [3.8, 4) is 0 Å². The Morgan fingerprint density at radius 3 is 3.12 bits per heavy atom. The highest BCUT2D eigenvalue weighted by Crippen LogP contribution is 2.22. The third kappa shape index (κ3) is 4.74. The van der Waals surface area contributed by atoms with E-state index in [0.29, 0.717) is 11.0 Å². The first kappa shape index (κ1) is 17.3. The fraction of sp³-hybridized carbons (Fsp3) is 0.556. The van der Waals surface area contributed by atoms with Gasteiger partial charge in [0.05, 0.1) is 24.9 Å². The molecule has 1 saturated heterocycles. The van der Waals surface area contributed by atoms with Crippen LogP contribution in [0.3, 0.4) is 0 Å². The first-order valence-corrected chi connectivity index (χ1v) is 9.80. The highest BCUT2D eigenvalue weighted by molar-refractivity contribution is 7.99. The first-order chi connectivity index (χ1) is 11.7. The Morgan fingerprint density at radius 1 is 1.42 bits per heavy atom. The maximum Gasteiger partial charge on any atom is 0.257 e. The summed E-state index contributed by atoms with van der Waals surface area (Å²) in [5.41, 5.74) is 1.60. The number of thioether (sulfide) groups is 1. The van der Waals surface area contributed by atoms with Crippen LogP contribution in [-0.4, -0.2) is 42.3 Å². The van der Waals surface area contributed by atoms with Gasteiger partial charge >= 0.3 is 0 Å². The zero-order valence-electron chi connectivity index (χ0n) is 14.2. The Hall–Kier alpha value is -1.53. The standard InChI is InChI=1S/C18H25N3O2S/c1-14-7-4-5-11-21(14)12-6-10-19-17(22)13-24-18-20-15-8-2-3-9-16(15)23-18/h2-3,8-9,14H,4-7,10-13H2,1H3,(H,19,22)/p+1/t14-/m0/s1. The molecule has 5 nitrogen and oxygen atoms in total. The van der Waals surface area contributed by atoms with E-state index in [1.807, 2.05) is 24.3 Å². The largest absolute Gasteiger partial charge is 0.431 e. The maximum absolute atomic E-state index is 11.9. The number of piperidine rings is 1. The van der Waals surface area contributed by atoms with Crippen molar-refractivity contribution in [1.82, 2.24) is 10.3 Å². The molecular formula is C18H26N3O2S+. The lowest BCUT2D eigenvalue weighted by molar-refractivity contribution is -0.928. The van der Waals surface area contributed by atoms with Crippen LogP contribution in [0.15, 0.2) is 33.9 Å². The Labute approximate surface area is 147 Å². The Bertz CT molecular complexity index is 640. The maximum atomic E-state index is 11.9. The number of nitrogens with one attached hydrogen (secondary N) is 2. The van der Waals surface area contributed by atoms with Crippen molar-refractivity contribution >= 4 is 28.8 Å². The number of carbonyl (C=O) groups excluding carboxylic acids is 1. The molecule has 2 heterocycles. The second-order valence-electron chi connectivity index (χ2n) is 6.49. The number of para-hydroxylation sites is 2. The first-order valence-electron chi connectivity index (χ1n) is 8.82. The van der Waals surface area contributed by atoms with E-state index in [2.05, 4.69) is 17.2 Å². The van der Waals surface area contributed by atoms with Gasteiger partial charge in [0.1, 0.15) is 5.52 Å². The molecule has 3 rings (SSSR count). The average molecular weight is 348 g/mol. The number of likely N-dealkylation sites (tertiary alicyclic amines) is 1. The van der Waals surface area contributed by atoms with Crippen molar-refractivity contribution in [2.24, 2.45) is 0 Å². The van der Waals surface area contributed by atoms with E-state index >= 15 is 0 Å². The predicted molar refractivity (Wildman–Crippen MR) is 96.4 cm³/mol. The van der Waals surface area contributed by atoms with Gasteiger partial charge < -0.3 is 14.6 Å². The van der Waals surface area contributed by atoms with Gasteiger partial charge in [0.2, 0.25) is 5.91 Å². The van der Waals surface area contributed by atoms with Crippen LogP contribution in [0, 0.1) is 0 Å². The monoisotopic (exact) mass is 348 g/mol. The second-order valence-corrected chi connectivity index (χ2v) is 7.42. The van der Waals surface area contributed by atoms with Gasteiger partial charge in [0, 0.05) is 13.0 Å². The molecule has 1 aliphatic heterocycles. The van der Waals surface area contributed by atoms with Crippen molar-refractivity contribution in [3.63, 3.8) is 0 Å². The van der Waals surface area contributed by atoms with Crippen molar-refractivity contribution in [3.05, 3.63) is 24.3 Å². The number of nitrogens with zero attached hydrogens (tertiary/aromatic N) is 1. The molecule has 1 aliphatic rings. The third-order valence-electron chi connectivity index (χ3n) is 4.68. The van der Waals surface area contributed by atoms with E-state index in [9.17, 15) is 4.79 Å². The number of hydrogen-bond acceptors (Lipinski definition) is 4. The summed E-state index contributed by atoms with van der Waals surface area (Å²) in [5.74, 6) is 0.392. The fourth-order valence-corrected chi connectivity index (χ4v) is 3.93. The molecule has 2 N–H and O–H groups in total. The van der Waals surface area contributed by atoms with Crippen molar-refractivity contribution in [2.75, 3.05) is 25.4 Å². The molecule has 2 aromatic rings. The second kappa shape index (κ2) is 8.53. The molecule has 1 aromatic heterocycles. The number of fused-ring (bicyclic) bond motifs is 1. The van der Waals surface area contributed by atoms with Crippen LogP contribution >= 0.6 is 11.8 Å². The molecule has 0 aliphatic carbocycles. The fourth-order valence-electron chi connectivity index (χ4n) is 3.26. The Morgan fingerprint density at radius 2 is 2.29 bits per heavy atom. The van der Waals surface area contributed by atoms with Gasteiger partial charge in [-0.15, -0.1) is 0 Å². The highest BCUT2D eigenvalue weighted by atomic mass is 32.2. The molecule has 1 aromatic carbocycles. The van der Waals surface area contributed by atoms with Gasteiger partial charge in [0.25, 0.3) is 5.22 Å². The van der Waals surface area contributed by atoms with Gasteiger partial charge in [-0.25, -0.2) is 4.98 Å². The molecule has 1 fully saturated rings. The van der Waals surface area contributed by atoms with Crippen LogP contribution in [-0.2, 0) is 4.79 Å². The molecule has 0 saturated carbocycles. The van der Waals surface area contributed by atoms with Crippen molar-refractivity contribution < 1.29 is 14.1 Å². The normalized spacial score (nSPS) is 21.0. The predicted octanol–water partition coefficient (Wildman–Crippen LogP) is 1.88.